The van der Waals surface area contributed by atoms with Gasteiger partial charge in [0, 0.05) is 18.7 Å². The molecule has 2 unspecified atom stereocenters. The van der Waals surface area contributed by atoms with Crippen molar-refractivity contribution in [1.29, 1.82) is 0 Å². The summed E-state index contributed by atoms with van der Waals surface area (Å²) in [7, 11) is 0. The van der Waals surface area contributed by atoms with Crippen LogP contribution in [0.1, 0.15) is 23.0 Å². The molecule has 1 amide bonds. The predicted octanol–water partition coefficient (Wildman–Crippen LogP) is 3.60. The van der Waals surface area contributed by atoms with Crippen molar-refractivity contribution >= 4 is 23.2 Å². The number of likely N-dealkylation sites (tertiary alicyclic amines) is 1. The lowest BCUT2D eigenvalue weighted by molar-refractivity contribution is -0.145. The van der Waals surface area contributed by atoms with Gasteiger partial charge in [0.05, 0.1) is 10.8 Å². The summed E-state index contributed by atoms with van der Waals surface area (Å²) < 4.78 is 0. The van der Waals surface area contributed by atoms with E-state index < -0.39 is 5.97 Å². The van der Waals surface area contributed by atoms with Crippen LogP contribution >= 0.6 is 11.3 Å². The van der Waals surface area contributed by atoms with Crippen molar-refractivity contribution in [2.24, 2.45) is 11.8 Å². The van der Waals surface area contributed by atoms with Crippen molar-refractivity contribution in [2.45, 2.75) is 13.3 Å². The highest BCUT2D eigenvalue weighted by atomic mass is 32.1. The van der Waals surface area contributed by atoms with E-state index in [0.717, 1.165) is 16.0 Å². The van der Waals surface area contributed by atoms with E-state index in [1.54, 1.807) is 4.90 Å². The fourth-order valence-electron chi connectivity index (χ4n) is 3.16. The third-order valence-electron chi connectivity index (χ3n) is 4.45. The molecule has 0 saturated carbocycles. The number of hydrogen-bond acceptors (Lipinski definition) is 3. The first-order chi connectivity index (χ1) is 11.1. The highest BCUT2D eigenvalue weighted by molar-refractivity contribution is 7.12. The number of rotatable bonds is 3. The number of hydrogen-bond donors (Lipinski definition) is 1. The number of thiophene rings is 1. The molecule has 3 rings (SSSR count). The van der Waals surface area contributed by atoms with E-state index in [1.165, 1.54) is 11.3 Å². The minimum Gasteiger partial charge on any atom is -0.481 e. The van der Waals surface area contributed by atoms with E-state index >= 15 is 0 Å². The molecule has 1 saturated heterocycles. The van der Waals surface area contributed by atoms with Crippen LogP contribution in [0.5, 0.6) is 0 Å². The Morgan fingerprint density at radius 3 is 2.61 bits per heavy atom. The molecule has 1 aliphatic heterocycles. The third-order valence-corrected chi connectivity index (χ3v) is 5.36. The molecule has 0 aliphatic carbocycles. The fourth-order valence-corrected chi connectivity index (χ4v) is 4.04. The monoisotopic (exact) mass is 329 g/mol. The topological polar surface area (TPSA) is 57.6 Å². The predicted molar refractivity (Wildman–Crippen MR) is 90.6 cm³/mol. The van der Waals surface area contributed by atoms with Gasteiger partial charge in [-0.15, -0.1) is 11.3 Å². The summed E-state index contributed by atoms with van der Waals surface area (Å²) >= 11 is 1.45. The van der Waals surface area contributed by atoms with Gasteiger partial charge in [-0.3, -0.25) is 9.59 Å². The molecule has 23 heavy (non-hydrogen) atoms. The summed E-state index contributed by atoms with van der Waals surface area (Å²) in [4.78, 5) is 26.6. The summed E-state index contributed by atoms with van der Waals surface area (Å²) in [6.45, 7) is 2.92. The summed E-state index contributed by atoms with van der Waals surface area (Å²) in [5, 5.41) is 11.1. The van der Waals surface area contributed by atoms with Crippen molar-refractivity contribution < 1.29 is 14.7 Å². The molecule has 4 nitrogen and oxygen atoms in total. The Morgan fingerprint density at radius 1 is 1.22 bits per heavy atom. The Bertz CT molecular complexity index is 710. The van der Waals surface area contributed by atoms with Crippen molar-refractivity contribution in [3.63, 3.8) is 0 Å². The number of benzene rings is 1. The molecule has 2 atom stereocenters. The lowest BCUT2D eigenvalue weighted by Gasteiger charge is -2.34. The van der Waals surface area contributed by atoms with E-state index in [4.69, 9.17) is 0 Å². The van der Waals surface area contributed by atoms with Crippen LogP contribution in [0, 0.1) is 11.8 Å². The van der Waals surface area contributed by atoms with E-state index in [2.05, 4.69) is 0 Å². The number of carbonyl (C=O) groups excluding carboxylic acids is 1. The van der Waals surface area contributed by atoms with Gasteiger partial charge in [-0.2, -0.15) is 0 Å². The Balaban J connectivity index is 1.80. The van der Waals surface area contributed by atoms with Crippen LogP contribution in [-0.4, -0.2) is 35.0 Å². The van der Waals surface area contributed by atoms with Gasteiger partial charge in [0.2, 0.25) is 0 Å². The largest absolute Gasteiger partial charge is 0.481 e. The smallest absolute Gasteiger partial charge is 0.306 e. The number of carbonyl (C=O) groups is 2. The number of amides is 1. The Kier molecular flexibility index (Phi) is 4.48. The van der Waals surface area contributed by atoms with Crippen molar-refractivity contribution in [2.75, 3.05) is 13.1 Å². The molecule has 120 valence electrons. The van der Waals surface area contributed by atoms with Crippen LogP contribution in [0.25, 0.3) is 11.1 Å². The first-order valence-corrected chi connectivity index (χ1v) is 8.61. The van der Waals surface area contributed by atoms with E-state index in [1.807, 2.05) is 48.7 Å². The second kappa shape index (κ2) is 6.54. The average molecular weight is 329 g/mol. The molecule has 2 aromatic rings. The Hall–Kier alpha value is -2.14. The normalized spacial score (nSPS) is 21.2. The summed E-state index contributed by atoms with van der Waals surface area (Å²) in [5.74, 6) is -1.12. The van der Waals surface area contributed by atoms with Crippen LogP contribution in [0.15, 0.2) is 41.8 Å². The second-order valence-corrected chi connectivity index (χ2v) is 6.91. The van der Waals surface area contributed by atoms with Gasteiger partial charge in [-0.1, -0.05) is 37.3 Å². The molecule has 2 heterocycles. The highest BCUT2D eigenvalue weighted by Crippen LogP contribution is 2.31. The second-order valence-electron chi connectivity index (χ2n) is 5.99. The maximum absolute atomic E-state index is 12.9. The molecule has 1 N–H and O–H groups in total. The van der Waals surface area contributed by atoms with Crippen molar-refractivity contribution in [3.8, 4) is 11.1 Å². The molecule has 1 aromatic heterocycles. The minimum atomic E-state index is -0.759. The number of piperidine rings is 1. The van der Waals surface area contributed by atoms with Gasteiger partial charge in [0.15, 0.2) is 0 Å². The van der Waals surface area contributed by atoms with E-state index in [0.29, 0.717) is 19.5 Å². The molecule has 1 fully saturated rings. The van der Waals surface area contributed by atoms with Gasteiger partial charge in [0.25, 0.3) is 5.91 Å². The van der Waals surface area contributed by atoms with Crippen LogP contribution < -0.4 is 0 Å². The van der Waals surface area contributed by atoms with Crippen LogP contribution in [-0.2, 0) is 4.79 Å². The lowest BCUT2D eigenvalue weighted by Crippen LogP contribution is -2.44. The minimum absolute atomic E-state index is 0.00884. The summed E-state index contributed by atoms with van der Waals surface area (Å²) in [6.07, 6.45) is 0.522. The van der Waals surface area contributed by atoms with Crippen molar-refractivity contribution in [1.82, 2.24) is 4.90 Å². The van der Waals surface area contributed by atoms with Gasteiger partial charge >= 0.3 is 5.97 Å². The lowest BCUT2D eigenvalue weighted by atomic mass is 9.87. The number of carboxylic acids is 1. The number of carboxylic acid groups (broad SMARTS) is 1. The van der Waals surface area contributed by atoms with Crippen molar-refractivity contribution in [3.05, 3.63) is 46.7 Å². The fraction of sp³-hybridized carbons (Fsp3) is 0.333. The molecular weight excluding hydrogens is 310 g/mol. The summed E-state index contributed by atoms with van der Waals surface area (Å²) in [5.41, 5.74) is 1.99. The van der Waals surface area contributed by atoms with Crippen LogP contribution in [0.2, 0.25) is 0 Å². The SMILES string of the molecule is CC1CN(C(=O)c2sccc2-c2ccccc2)CCC1C(=O)O. The van der Waals surface area contributed by atoms with Crippen LogP contribution in [0.3, 0.4) is 0 Å². The zero-order chi connectivity index (χ0) is 16.4. The van der Waals surface area contributed by atoms with Crippen LogP contribution in [0.4, 0.5) is 0 Å². The zero-order valence-corrected chi connectivity index (χ0v) is 13.8. The summed E-state index contributed by atoms with van der Waals surface area (Å²) in [6, 6.07) is 11.8. The molecule has 0 bridgehead atoms. The molecule has 0 spiro atoms. The molecular formula is C18H19NO3S. The maximum Gasteiger partial charge on any atom is 0.306 e. The highest BCUT2D eigenvalue weighted by Gasteiger charge is 2.34. The number of aliphatic carboxylic acids is 1. The Labute approximate surface area is 139 Å². The van der Waals surface area contributed by atoms with Gasteiger partial charge in [-0.25, -0.2) is 0 Å². The van der Waals surface area contributed by atoms with Gasteiger partial charge < -0.3 is 10.0 Å². The molecule has 5 heteroatoms. The standard InChI is InChI=1S/C18H19NO3S/c1-12-11-19(9-7-14(12)18(21)22)17(20)16-15(8-10-23-16)13-5-3-2-4-6-13/h2-6,8,10,12,14H,7,9,11H2,1H3,(H,21,22). The zero-order valence-electron chi connectivity index (χ0n) is 12.9. The average Bonchev–Trinajstić information content (AvgIpc) is 3.04. The van der Waals surface area contributed by atoms with Gasteiger partial charge in [-0.05, 0) is 29.3 Å². The van der Waals surface area contributed by atoms with Gasteiger partial charge in [0.1, 0.15) is 0 Å². The number of nitrogens with zero attached hydrogens (tertiary/aromatic N) is 1. The van der Waals surface area contributed by atoms with E-state index in [-0.39, 0.29) is 17.7 Å². The maximum atomic E-state index is 12.9. The Morgan fingerprint density at radius 2 is 1.96 bits per heavy atom. The first kappa shape index (κ1) is 15.7. The third kappa shape index (κ3) is 3.15. The molecule has 0 radical (unpaired) electrons. The van der Waals surface area contributed by atoms with E-state index in [9.17, 15) is 14.7 Å². The molecule has 1 aromatic carbocycles. The quantitative estimate of drug-likeness (QED) is 0.936. The molecule has 1 aliphatic rings. The first-order valence-electron chi connectivity index (χ1n) is 7.73.